The highest BCUT2D eigenvalue weighted by atomic mass is 16.5. The third-order valence-corrected chi connectivity index (χ3v) is 3.23. The first kappa shape index (κ1) is 16.0. The molecule has 1 N–H and O–H groups in total. The molecule has 0 heterocycles. The maximum atomic E-state index is 9.61. The highest BCUT2D eigenvalue weighted by Gasteiger charge is 2.09. The molecule has 0 fully saturated rings. The van der Waals surface area contributed by atoms with Gasteiger partial charge in [-0.3, -0.25) is 0 Å². The van der Waals surface area contributed by atoms with Crippen molar-refractivity contribution in [3.63, 3.8) is 0 Å². The van der Waals surface area contributed by atoms with Crippen LogP contribution < -0.4 is 4.74 Å². The van der Waals surface area contributed by atoms with Crippen molar-refractivity contribution in [2.75, 3.05) is 13.7 Å². The van der Waals surface area contributed by atoms with Gasteiger partial charge in [0, 0.05) is 12.2 Å². The molecule has 0 spiro atoms. The zero-order valence-electron chi connectivity index (χ0n) is 12.5. The first-order chi connectivity index (χ1) is 9.08. The average molecular weight is 266 g/mol. The Hall–Kier alpha value is -1.06. The summed E-state index contributed by atoms with van der Waals surface area (Å²) in [4.78, 5) is 0. The van der Waals surface area contributed by atoms with Gasteiger partial charge in [-0.15, -0.1) is 0 Å². The van der Waals surface area contributed by atoms with Gasteiger partial charge in [0.2, 0.25) is 0 Å². The molecule has 0 aliphatic heterocycles. The predicted molar refractivity (Wildman–Crippen MR) is 77.4 cm³/mol. The quantitative estimate of drug-likeness (QED) is 0.779. The fraction of sp³-hybridized carbons (Fsp3) is 0.625. The molecule has 1 aromatic carbocycles. The van der Waals surface area contributed by atoms with E-state index in [1.807, 2.05) is 18.2 Å². The number of rotatable bonds is 8. The zero-order chi connectivity index (χ0) is 14.3. The Bertz CT molecular complexity index is 374. The summed E-state index contributed by atoms with van der Waals surface area (Å²) in [5, 5.41) is 9.61. The van der Waals surface area contributed by atoms with E-state index in [0.717, 1.165) is 23.5 Å². The van der Waals surface area contributed by atoms with Crippen molar-refractivity contribution in [2.45, 2.75) is 46.3 Å². The van der Waals surface area contributed by atoms with E-state index in [4.69, 9.17) is 9.47 Å². The molecule has 0 radical (unpaired) electrons. The topological polar surface area (TPSA) is 38.7 Å². The molecule has 0 saturated heterocycles. The lowest BCUT2D eigenvalue weighted by Gasteiger charge is -2.14. The molecule has 0 aromatic heterocycles. The Morgan fingerprint density at radius 2 is 2.00 bits per heavy atom. The first-order valence-corrected chi connectivity index (χ1v) is 7.01. The number of benzene rings is 1. The smallest absolute Gasteiger partial charge is 0.124 e. The summed E-state index contributed by atoms with van der Waals surface area (Å²) in [6.45, 7) is 7.43. The van der Waals surface area contributed by atoms with E-state index in [1.54, 1.807) is 14.0 Å². The fourth-order valence-electron chi connectivity index (χ4n) is 2.12. The van der Waals surface area contributed by atoms with Gasteiger partial charge in [0.25, 0.3) is 0 Å². The van der Waals surface area contributed by atoms with Crippen molar-refractivity contribution in [2.24, 2.45) is 5.92 Å². The molecule has 0 aliphatic carbocycles. The van der Waals surface area contributed by atoms with Gasteiger partial charge in [-0.25, -0.2) is 0 Å². The molecule has 19 heavy (non-hydrogen) atoms. The second kappa shape index (κ2) is 8.18. The molecule has 1 rings (SSSR count). The average Bonchev–Trinajstić information content (AvgIpc) is 2.38. The number of hydrogen-bond acceptors (Lipinski definition) is 3. The lowest BCUT2D eigenvalue weighted by atomic mass is 10.1. The summed E-state index contributed by atoms with van der Waals surface area (Å²) in [7, 11) is 1.65. The second-order valence-corrected chi connectivity index (χ2v) is 5.16. The van der Waals surface area contributed by atoms with Crippen molar-refractivity contribution >= 4 is 0 Å². The van der Waals surface area contributed by atoms with E-state index >= 15 is 0 Å². The van der Waals surface area contributed by atoms with E-state index in [1.165, 1.54) is 12.8 Å². The number of hydrogen-bond donors (Lipinski definition) is 1. The largest absolute Gasteiger partial charge is 0.496 e. The number of ether oxygens (including phenoxy) is 2. The van der Waals surface area contributed by atoms with Gasteiger partial charge in [-0.2, -0.15) is 0 Å². The van der Waals surface area contributed by atoms with Crippen molar-refractivity contribution in [1.82, 2.24) is 0 Å². The number of aliphatic hydroxyl groups excluding tert-OH is 1. The Balaban J connectivity index is 2.62. The van der Waals surface area contributed by atoms with Crippen molar-refractivity contribution in [1.29, 1.82) is 0 Å². The normalized spacial score (nSPS) is 14.2. The van der Waals surface area contributed by atoms with Gasteiger partial charge in [0.05, 0.1) is 19.8 Å². The van der Waals surface area contributed by atoms with Gasteiger partial charge in [-0.1, -0.05) is 26.3 Å². The minimum Gasteiger partial charge on any atom is -0.496 e. The number of aliphatic hydroxyl groups is 1. The summed E-state index contributed by atoms with van der Waals surface area (Å²) in [6, 6.07) is 5.72. The highest BCUT2D eigenvalue weighted by Crippen LogP contribution is 2.24. The second-order valence-electron chi connectivity index (χ2n) is 5.16. The van der Waals surface area contributed by atoms with Crippen LogP contribution in [0.5, 0.6) is 5.75 Å². The highest BCUT2D eigenvalue weighted by molar-refractivity contribution is 5.37. The van der Waals surface area contributed by atoms with Crippen LogP contribution in [0.15, 0.2) is 18.2 Å². The zero-order valence-corrected chi connectivity index (χ0v) is 12.5. The molecule has 0 saturated carbocycles. The SMILES string of the molecule is CCCC(C)COCc1cc(C(C)O)ccc1OC. The fourth-order valence-corrected chi connectivity index (χ4v) is 2.12. The molecule has 1 aromatic rings. The van der Waals surface area contributed by atoms with Crippen LogP contribution in [0.2, 0.25) is 0 Å². The van der Waals surface area contributed by atoms with Crippen LogP contribution in [-0.2, 0) is 11.3 Å². The maximum absolute atomic E-state index is 9.61. The van der Waals surface area contributed by atoms with Crippen LogP contribution in [-0.4, -0.2) is 18.8 Å². The molecule has 0 amide bonds. The van der Waals surface area contributed by atoms with Gasteiger partial charge >= 0.3 is 0 Å². The Morgan fingerprint density at radius 3 is 2.58 bits per heavy atom. The Labute approximate surface area is 116 Å². The summed E-state index contributed by atoms with van der Waals surface area (Å²) < 4.78 is 11.1. The minimum absolute atomic E-state index is 0.469. The predicted octanol–water partition coefficient (Wildman–Crippen LogP) is 3.70. The van der Waals surface area contributed by atoms with Crippen molar-refractivity contribution in [3.05, 3.63) is 29.3 Å². The van der Waals surface area contributed by atoms with Crippen LogP contribution in [0.4, 0.5) is 0 Å². The molecule has 2 unspecified atom stereocenters. The van der Waals surface area contributed by atoms with Crippen molar-refractivity contribution in [3.8, 4) is 5.75 Å². The lowest BCUT2D eigenvalue weighted by Crippen LogP contribution is -2.06. The monoisotopic (exact) mass is 266 g/mol. The molecule has 0 aliphatic rings. The van der Waals surface area contributed by atoms with Crippen LogP contribution in [0.1, 0.15) is 50.8 Å². The van der Waals surface area contributed by atoms with Crippen LogP contribution >= 0.6 is 0 Å². The van der Waals surface area contributed by atoms with Gasteiger partial charge in [-0.05, 0) is 37.0 Å². The standard InChI is InChI=1S/C16H26O3/c1-5-6-12(2)10-19-11-15-9-14(13(3)17)7-8-16(15)18-4/h7-9,12-13,17H,5-6,10-11H2,1-4H3. The van der Waals surface area contributed by atoms with Gasteiger partial charge in [0.15, 0.2) is 0 Å². The molecule has 2 atom stereocenters. The van der Waals surface area contributed by atoms with Gasteiger partial charge < -0.3 is 14.6 Å². The van der Waals surface area contributed by atoms with E-state index in [-0.39, 0.29) is 0 Å². The number of methoxy groups -OCH3 is 1. The van der Waals surface area contributed by atoms with E-state index < -0.39 is 6.10 Å². The Kier molecular flexibility index (Phi) is 6.89. The minimum atomic E-state index is -0.469. The summed E-state index contributed by atoms with van der Waals surface area (Å²) >= 11 is 0. The van der Waals surface area contributed by atoms with E-state index in [0.29, 0.717) is 12.5 Å². The van der Waals surface area contributed by atoms with E-state index in [2.05, 4.69) is 13.8 Å². The summed E-state index contributed by atoms with van der Waals surface area (Å²) in [5.41, 5.74) is 1.88. The lowest BCUT2D eigenvalue weighted by molar-refractivity contribution is 0.0877. The molecule has 0 bridgehead atoms. The molecule has 3 nitrogen and oxygen atoms in total. The van der Waals surface area contributed by atoms with Crippen LogP contribution in [0.3, 0.4) is 0 Å². The third-order valence-electron chi connectivity index (χ3n) is 3.23. The Morgan fingerprint density at radius 1 is 1.26 bits per heavy atom. The first-order valence-electron chi connectivity index (χ1n) is 7.01. The summed E-state index contributed by atoms with van der Waals surface area (Å²) in [5.74, 6) is 1.39. The molecular formula is C16H26O3. The molecular weight excluding hydrogens is 240 g/mol. The third kappa shape index (κ3) is 5.21. The van der Waals surface area contributed by atoms with E-state index in [9.17, 15) is 5.11 Å². The maximum Gasteiger partial charge on any atom is 0.124 e. The molecule has 108 valence electrons. The van der Waals surface area contributed by atoms with Gasteiger partial charge in [0.1, 0.15) is 5.75 Å². The van der Waals surface area contributed by atoms with Crippen molar-refractivity contribution < 1.29 is 14.6 Å². The van der Waals surface area contributed by atoms with Crippen LogP contribution in [0, 0.1) is 5.92 Å². The van der Waals surface area contributed by atoms with Crippen LogP contribution in [0.25, 0.3) is 0 Å². The molecule has 3 heteroatoms. The summed E-state index contributed by atoms with van der Waals surface area (Å²) in [6.07, 6.45) is 1.90.